The van der Waals surface area contributed by atoms with Crippen LogP contribution in [0.4, 0.5) is 26.3 Å². The maximum atomic E-state index is 12.7. The van der Waals surface area contributed by atoms with Crippen LogP contribution in [0.2, 0.25) is 0 Å². The van der Waals surface area contributed by atoms with Gasteiger partial charge in [-0.05, 0) is 19.2 Å². The number of rotatable bonds is 2. The molecule has 20 heavy (non-hydrogen) atoms. The third-order valence-corrected chi connectivity index (χ3v) is 2.39. The summed E-state index contributed by atoms with van der Waals surface area (Å²) in [6.45, 7) is 0.378. The predicted molar refractivity (Wildman–Crippen MR) is 61.9 cm³/mol. The Labute approximate surface area is 112 Å². The summed E-state index contributed by atoms with van der Waals surface area (Å²) in [4.78, 5) is 0. The fourth-order valence-corrected chi connectivity index (χ4v) is 1.50. The fourth-order valence-electron chi connectivity index (χ4n) is 1.50. The zero-order chi connectivity index (χ0) is 15.4. The summed E-state index contributed by atoms with van der Waals surface area (Å²) >= 11 is 0. The van der Waals surface area contributed by atoms with Crippen LogP contribution in [0.5, 0.6) is 0 Å². The molecule has 110 valence electrons. The molecule has 0 unspecified atom stereocenters. The van der Waals surface area contributed by atoms with Gasteiger partial charge in [-0.15, -0.1) is 0 Å². The van der Waals surface area contributed by atoms with Gasteiger partial charge in [-0.25, -0.2) is 0 Å². The molecule has 0 saturated carbocycles. The maximum absolute atomic E-state index is 12.7. The number of hydrogen-bond donors (Lipinski definition) is 1. The number of halogens is 6. The Morgan fingerprint density at radius 1 is 1.00 bits per heavy atom. The summed E-state index contributed by atoms with van der Waals surface area (Å²) in [6, 6.07) is 1.92. The van der Waals surface area contributed by atoms with Crippen molar-refractivity contribution in [3.63, 3.8) is 0 Å². The molecule has 1 N–H and O–H groups in total. The van der Waals surface area contributed by atoms with Crippen molar-refractivity contribution in [2.75, 3.05) is 13.6 Å². The SMILES string of the molecule is CNCCC#Cc1c(C(F)(F)F)cccc1C(F)(F)F. The molecule has 0 radical (unpaired) electrons. The van der Waals surface area contributed by atoms with Crippen LogP contribution in [0.25, 0.3) is 0 Å². The maximum Gasteiger partial charge on any atom is 0.417 e. The summed E-state index contributed by atoms with van der Waals surface area (Å²) in [5.41, 5.74) is -3.77. The molecule has 0 aliphatic carbocycles. The molecule has 0 aliphatic heterocycles. The molecular weight excluding hydrogens is 284 g/mol. The Morgan fingerprint density at radius 2 is 1.50 bits per heavy atom. The van der Waals surface area contributed by atoms with Gasteiger partial charge in [0.15, 0.2) is 0 Å². The first-order valence-electron chi connectivity index (χ1n) is 5.59. The lowest BCUT2D eigenvalue weighted by Crippen LogP contribution is -2.14. The predicted octanol–water partition coefficient (Wildman–Crippen LogP) is 3.69. The van der Waals surface area contributed by atoms with E-state index in [4.69, 9.17) is 0 Å². The van der Waals surface area contributed by atoms with Crippen LogP contribution in [-0.4, -0.2) is 13.6 Å². The lowest BCUT2D eigenvalue weighted by atomic mass is 10.00. The summed E-state index contributed by atoms with van der Waals surface area (Å²) < 4.78 is 76.5. The second kappa shape index (κ2) is 6.18. The Bertz CT molecular complexity index is 486. The van der Waals surface area contributed by atoms with Crippen molar-refractivity contribution >= 4 is 0 Å². The quantitative estimate of drug-likeness (QED) is 0.498. The topological polar surface area (TPSA) is 12.0 Å². The van der Waals surface area contributed by atoms with Crippen molar-refractivity contribution < 1.29 is 26.3 Å². The van der Waals surface area contributed by atoms with Crippen molar-refractivity contribution in [3.05, 3.63) is 34.9 Å². The molecule has 0 aromatic heterocycles. The van der Waals surface area contributed by atoms with Crippen LogP contribution < -0.4 is 5.32 Å². The second-order valence-electron chi connectivity index (χ2n) is 3.88. The van der Waals surface area contributed by atoms with Crippen molar-refractivity contribution in [2.45, 2.75) is 18.8 Å². The first kappa shape index (κ1) is 16.4. The smallest absolute Gasteiger partial charge is 0.319 e. The number of hydrogen-bond acceptors (Lipinski definition) is 1. The molecule has 0 heterocycles. The molecule has 0 fully saturated rings. The zero-order valence-electron chi connectivity index (χ0n) is 10.4. The highest BCUT2D eigenvalue weighted by Crippen LogP contribution is 2.38. The summed E-state index contributed by atoms with van der Waals surface area (Å²) in [5.74, 6) is 4.31. The van der Waals surface area contributed by atoms with Gasteiger partial charge >= 0.3 is 12.4 Å². The minimum atomic E-state index is -4.88. The second-order valence-corrected chi connectivity index (χ2v) is 3.88. The molecule has 1 aromatic rings. The minimum absolute atomic E-state index is 0.153. The van der Waals surface area contributed by atoms with Gasteiger partial charge in [-0.3, -0.25) is 0 Å². The summed E-state index contributed by atoms with van der Waals surface area (Å²) in [7, 11) is 1.60. The largest absolute Gasteiger partial charge is 0.417 e. The van der Waals surface area contributed by atoms with Gasteiger partial charge in [-0.2, -0.15) is 26.3 Å². The first-order valence-corrected chi connectivity index (χ1v) is 5.59. The van der Waals surface area contributed by atoms with Crippen LogP contribution in [-0.2, 0) is 12.4 Å². The fraction of sp³-hybridized carbons (Fsp3) is 0.385. The van der Waals surface area contributed by atoms with Crippen molar-refractivity contribution in [1.29, 1.82) is 0 Å². The lowest BCUT2D eigenvalue weighted by Gasteiger charge is -2.14. The van der Waals surface area contributed by atoms with E-state index in [1.807, 2.05) is 5.92 Å². The first-order chi connectivity index (χ1) is 9.18. The Morgan fingerprint density at radius 3 is 1.90 bits per heavy atom. The molecule has 0 saturated heterocycles. The summed E-state index contributed by atoms with van der Waals surface area (Å²) in [5, 5.41) is 2.70. The van der Waals surface area contributed by atoms with Crippen LogP contribution in [0.15, 0.2) is 18.2 Å². The van der Waals surface area contributed by atoms with Gasteiger partial charge in [0.25, 0.3) is 0 Å². The summed E-state index contributed by atoms with van der Waals surface area (Å²) in [6.07, 6.45) is -9.61. The Hall–Kier alpha value is -1.68. The van der Waals surface area contributed by atoms with E-state index in [1.165, 1.54) is 0 Å². The molecule has 1 rings (SSSR count). The molecule has 0 bridgehead atoms. The van der Waals surface area contributed by atoms with Gasteiger partial charge < -0.3 is 5.32 Å². The van der Waals surface area contributed by atoms with Crippen molar-refractivity contribution in [3.8, 4) is 11.8 Å². The molecule has 0 aliphatic rings. The van der Waals surface area contributed by atoms with E-state index in [-0.39, 0.29) is 6.42 Å². The molecule has 0 atom stereocenters. The molecule has 7 heteroatoms. The highest BCUT2D eigenvalue weighted by molar-refractivity contribution is 5.50. The third-order valence-electron chi connectivity index (χ3n) is 2.39. The molecule has 0 amide bonds. The molecule has 1 aromatic carbocycles. The van der Waals surface area contributed by atoms with Crippen molar-refractivity contribution in [1.82, 2.24) is 5.32 Å². The molecule has 1 nitrogen and oxygen atoms in total. The van der Waals surface area contributed by atoms with E-state index >= 15 is 0 Å². The van der Waals surface area contributed by atoms with Crippen molar-refractivity contribution in [2.24, 2.45) is 0 Å². The highest BCUT2D eigenvalue weighted by Gasteiger charge is 2.40. The number of benzene rings is 1. The van der Waals surface area contributed by atoms with Gasteiger partial charge in [0.05, 0.1) is 11.1 Å². The lowest BCUT2D eigenvalue weighted by molar-refractivity contribution is -0.143. The average molecular weight is 295 g/mol. The van der Waals surface area contributed by atoms with Crippen LogP contribution in [0, 0.1) is 11.8 Å². The van der Waals surface area contributed by atoms with E-state index in [0.29, 0.717) is 18.7 Å². The average Bonchev–Trinajstić information content (AvgIpc) is 2.32. The van der Waals surface area contributed by atoms with E-state index in [1.54, 1.807) is 7.05 Å². The Balaban J connectivity index is 3.36. The van der Waals surface area contributed by atoms with Gasteiger partial charge in [0, 0.05) is 18.5 Å². The van der Waals surface area contributed by atoms with Crippen LogP contribution in [0.3, 0.4) is 0 Å². The van der Waals surface area contributed by atoms with E-state index in [9.17, 15) is 26.3 Å². The number of alkyl halides is 6. The number of nitrogens with one attached hydrogen (secondary N) is 1. The molecular formula is C13H11F6N. The van der Waals surface area contributed by atoms with Gasteiger partial charge in [0.2, 0.25) is 0 Å². The van der Waals surface area contributed by atoms with Crippen LogP contribution in [0.1, 0.15) is 23.1 Å². The molecule has 0 spiro atoms. The standard InChI is InChI=1S/C13H11F6N/c1-20-8-3-2-5-9-10(12(14,15)16)6-4-7-11(9)13(17,18)19/h4,6-7,20H,3,8H2,1H3. The monoisotopic (exact) mass is 295 g/mol. The van der Waals surface area contributed by atoms with Gasteiger partial charge in [0.1, 0.15) is 0 Å². The minimum Gasteiger partial charge on any atom is -0.319 e. The van der Waals surface area contributed by atoms with Crippen LogP contribution >= 0.6 is 0 Å². The third kappa shape index (κ3) is 4.17. The normalized spacial score (nSPS) is 11.9. The van der Waals surface area contributed by atoms with Gasteiger partial charge in [-0.1, -0.05) is 17.9 Å². The zero-order valence-corrected chi connectivity index (χ0v) is 10.4. The van der Waals surface area contributed by atoms with E-state index in [0.717, 1.165) is 6.07 Å². The van der Waals surface area contributed by atoms with E-state index in [2.05, 4.69) is 11.2 Å². The van der Waals surface area contributed by atoms with E-state index < -0.39 is 29.0 Å². The highest BCUT2D eigenvalue weighted by atomic mass is 19.4. The Kier molecular flexibility index (Phi) is 5.06.